The predicted molar refractivity (Wildman–Crippen MR) is 117 cm³/mol. The second-order valence-corrected chi connectivity index (χ2v) is 7.90. The summed E-state index contributed by atoms with van der Waals surface area (Å²) in [6.07, 6.45) is -9.41. The van der Waals surface area contributed by atoms with Gasteiger partial charge in [0.25, 0.3) is 0 Å². The van der Waals surface area contributed by atoms with Crippen LogP contribution < -0.4 is 10.1 Å². The summed E-state index contributed by atoms with van der Waals surface area (Å²) >= 11 is 0. The summed E-state index contributed by atoms with van der Waals surface area (Å²) in [5.41, 5.74) is 0.809. The smallest absolute Gasteiger partial charge is 0.416 e. The summed E-state index contributed by atoms with van der Waals surface area (Å²) in [6.45, 7) is 1.75. The number of oxazole rings is 1. The van der Waals surface area contributed by atoms with Crippen LogP contribution in [0.2, 0.25) is 0 Å². The van der Waals surface area contributed by atoms with Crippen LogP contribution in [0.5, 0.6) is 5.75 Å². The van der Waals surface area contributed by atoms with Crippen molar-refractivity contribution in [3.63, 3.8) is 0 Å². The van der Waals surface area contributed by atoms with Gasteiger partial charge in [0.05, 0.1) is 41.6 Å². The van der Waals surface area contributed by atoms with Crippen molar-refractivity contribution in [1.29, 1.82) is 0 Å². The Labute approximate surface area is 195 Å². The third-order valence-electron chi connectivity index (χ3n) is 5.51. The van der Waals surface area contributed by atoms with Crippen LogP contribution in [0.4, 0.5) is 37.7 Å². The van der Waals surface area contributed by atoms with Crippen LogP contribution in [-0.2, 0) is 19.6 Å². The van der Waals surface area contributed by atoms with Gasteiger partial charge in [0, 0.05) is 25.2 Å². The minimum atomic E-state index is -4.67. The van der Waals surface area contributed by atoms with Gasteiger partial charge in [0.2, 0.25) is 0 Å². The van der Waals surface area contributed by atoms with Gasteiger partial charge >= 0.3 is 12.4 Å². The lowest BCUT2D eigenvalue weighted by Gasteiger charge is -2.14. The number of alkyl halides is 6. The standard InChI is InChI=1S/C23H20F6N4O2/c1-12-21(35-11-30-12)15-5-4-14(10-18(15)34-3)31-16-8-13(23(27,28)29)9-17-20(16)32-19(33(17)2)6-7-22(24,25)26/h4-5,8-11,31H,6-7H2,1-3H3. The molecule has 2 aromatic carbocycles. The molecule has 12 heteroatoms. The lowest BCUT2D eigenvalue weighted by molar-refractivity contribution is -0.137. The normalized spacial score (nSPS) is 12.4. The minimum absolute atomic E-state index is 0.00525. The van der Waals surface area contributed by atoms with Crippen LogP contribution in [0.15, 0.2) is 41.1 Å². The topological polar surface area (TPSA) is 65.1 Å². The quantitative estimate of drug-likeness (QED) is 0.296. The fourth-order valence-corrected chi connectivity index (χ4v) is 3.74. The molecule has 0 saturated carbocycles. The number of methoxy groups -OCH3 is 1. The first kappa shape index (κ1) is 24.4. The Hall–Kier alpha value is -3.70. The van der Waals surface area contributed by atoms with Crippen molar-refractivity contribution in [2.75, 3.05) is 12.4 Å². The molecule has 35 heavy (non-hydrogen) atoms. The van der Waals surface area contributed by atoms with Crippen molar-refractivity contribution >= 4 is 22.4 Å². The van der Waals surface area contributed by atoms with E-state index in [9.17, 15) is 26.3 Å². The number of aromatic nitrogens is 3. The van der Waals surface area contributed by atoms with Crippen molar-refractivity contribution in [3.8, 4) is 17.1 Å². The zero-order valence-corrected chi connectivity index (χ0v) is 18.8. The van der Waals surface area contributed by atoms with E-state index in [2.05, 4.69) is 15.3 Å². The monoisotopic (exact) mass is 498 g/mol. The summed E-state index contributed by atoms with van der Waals surface area (Å²) in [6, 6.07) is 6.59. The Morgan fingerprint density at radius 2 is 1.83 bits per heavy atom. The van der Waals surface area contributed by atoms with Gasteiger partial charge in [0.15, 0.2) is 12.2 Å². The van der Waals surface area contributed by atoms with Gasteiger partial charge in [-0.1, -0.05) is 0 Å². The molecule has 0 atom stereocenters. The lowest BCUT2D eigenvalue weighted by atomic mass is 10.1. The van der Waals surface area contributed by atoms with Crippen molar-refractivity contribution in [2.24, 2.45) is 7.05 Å². The highest BCUT2D eigenvalue weighted by atomic mass is 19.4. The zero-order chi connectivity index (χ0) is 25.5. The van der Waals surface area contributed by atoms with Crippen LogP contribution in [0, 0.1) is 6.92 Å². The first-order valence-electron chi connectivity index (χ1n) is 10.4. The van der Waals surface area contributed by atoms with E-state index in [0.717, 1.165) is 12.1 Å². The molecule has 0 unspecified atom stereocenters. The second-order valence-electron chi connectivity index (χ2n) is 7.90. The summed E-state index contributed by atoms with van der Waals surface area (Å²) in [4.78, 5) is 8.27. The second kappa shape index (κ2) is 8.82. The molecule has 0 aliphatic rings. The maximum Gasteiger partial charge on any atom is 0.416 e. The Morgan fingerprint density at radius 3 is 2.43 bits per heavy atom. The highest BCUT2D eigenvalue weighted by molar-refractivity contribution is 5.92. The van der Waals surface area contributed by atoms with Gasteiger partial charge in [-0.2, -0.15) is 26.3 Å². The van der Waals surface area contributed by atoms with Crippen molar-refractivity contribution in [1.82, 2.24) is 14.5 Å². The van der Waals surface area contributed by atoms with E-state index in [1.807, 2.05) is 0 Å². The highest BCUT2D eigenvalue weighted by Gasteiger charge is 2.33. The molecular formula is C23H20F6N4O2. The van der Waals surface area contributed by atoms with Crippen LogP contribution in [0.3, 0.4) is 0 Å². The number of anilines is 2. The molecule has 2 heterocycles. The molecular weight excluding hydrogens is 478 g/mol. The van der Waals surface area contributed by atoms with Gasteiger partial charge in [-0.25, -0.2) is 9.97 Å². The molecule has 4 rings (SSSR count). The fourth-order valence-electron chi connectivity index (χ4n) is 3.74. The number of hydrogen-bond acceptors (Lipinski definition) is 5. The maximum atomic E-state index is 13.6. The summed E-state index contributed by atoms with van der Waals surface area (Å²) in [7, 11) is 2.82. The molecule has 0 saturated heterocycles. The average molecular weight is 498 g/mol. The number of nitrogens with one attached hydrogen (secondary N) is 1. The molecule has 0 radical (unpaired) electrons. The first-order valence-corrected chi connectivity index (χ1v) is 10.4. The first-order chi connectivity index (χ1) is 16.4. The third-order valence-corrected chi connectivity index (χ3v) is 5.51. The summed E-state index contributed by atoms with van der Waals surface area (Å²) < 4.78 is 91.0. The van der Waals surface area contributed by atoms with Gasteiger partial charge in [-0.3, -0.25) is 0 Å². The van der Waals surface area contributed by atoms with Gasteiger partial charge < -0.3 is 19.0 Å². The molecule has 0 fully saturated rings. The molecule has 0 spiro atoms. The fraction of sp³-hybridized carbons (Fsp3) is 0.304. The van der Waals surface area contributed by atoms with E-state index in [4.69, 9.17) is 9.15 Å². The van der Waals surface area contributed by atoms with E-state index < -0.39 is 30.8 Å². The zero-order valence-electron chi connectivity index (χ0n) is 18.8. The molecule has 0 aliphatic carbocycles. The SMILES string of the molecule is COc1cc(Nc2cc(C(F)(F)F)cc3c2nc(CCC(F)(F)F)n3C)ccc1-c1ocnc1C. The van der Waals surface area contributed by atoms with Crippen molar-refractivity contribution < 1.29 is 35.5 Å². The van der Waals surface area contributed by atoms with E-state index in [-0.39, 0.29) is 22.5 Å². The molecule has 1 N–H and O–H groups in total. The van der Waals surface area contributed by atoms with Crippen LogP contribution in [0.25, 0.3) is 22.4 Å². The minimum Gasteiger partial charge on any atom is -0.496 e. The number of fused-ring (bicyclic) bond motifs is 1. The van der Waals surface area contributed by atoms with Crippen LogP contribution >= 0.6 is 0 Å². The predicted octanol–water partition coefficient (Wildman–Crippen LogP) is 6.80. The van der Waals surface area contributed by atoms with E-state index in [1.54, 1.807) is 25.1 Å². The largest absolute Gasteiger partial charge is 0.496 e. The molecule has 0 bridgehead atoms. The third kappa shape index (κ3) is 5.05. The van der Waals surface area contributed by atoms with Gasteiger partial charge in [0.1, 0.15) is 17.1 Å². The Kier molecular flexibility index (Phi) is 6.16. The van der Waals surface area contributed by atoms with E-state index in [0.29, 0.717) is 28.5 Å². The molecule has 0 amide bonds. The Morgan fingerprint density at radius 1 is 1.09 bits per heavy atom. The molecule has 6 nitrogen and oxygen atoms in total. The number of halogens is 6. The summed E-state index contributed by atoms with van der Waals surface area (Å²) in [5.74, 6) is 0.882. The maximum absolute atomic E-state index is 13.6. The average Bonchev–Trinajstić information content (AvgIpc) is 3.34. The number of imidazole rings is 1. The number of ether oxygens (including phenoxy) is 1. The van der Waals surface area contributed by atoms with Gasteiger partial charge in [-0.15, -0.1) is 0 Å². The molecule has 0 aliphatic heterocycles. The van der Waals surface area contributed by atoms with Crippen LogP contribution in [0.1, 0.15) is 23.5 Å². The molecule has 186 valence electrons. The highest BCUT2D eigenvalue weighted by Crippen LogP contribution is 2.39. The number of rotatable bonds is 6. The molecule has 4 aromatic rings. The number of hydrogen-bond donors (Lipinski definition) is 1. The van der Waals surface area contributed by atoms with Crippen LogP contribution in [-0.4, -0.2) is 27.8 Å². The Bertz CT molecular complexity index is 1370. The number of benzene rings is 2. The number of nitrogens with zero attached hydrogens (tertiary/aromatic N) is 3. The molecule has 2 aromatic heterocycles. The summed E-state index contributed by atoms with van der Waals surface area (Å²) in [5, 5.41) is 2.91. The van der Waals surface area contributed by atoms with Crippen molar-refractivity contribution in [2.45, 2.75) is 32.1 Å². The van der Waals surface area contributed by atoms with Crippen molar-refractivity contribution in [3.05, 3.63) is 53.8 Å². The number of aryl methyl sites for hydroxylation is 3. The lowest BCUT2D eigenvalue weighted by Crippen LogP contribution is -2.10. The van der Waals surface area contributed by atoms with E-state index >= 15 is 0 Å². The Balaban J connectivity index is 1.78. The van der Waals surface area contributed by atoms with Gasteiger partial charge in [-0.05, 0) is 31.2 Å². The van der Waals surface area contributed by atoms with E-state index in [1.165, 1.54) is 25.1 Å².